The Morgan fingerprint density at radius 1 is 1.26 bits per heavy atom. The van der Waals surface area contributed by atoms with Gasteiger partial charge in [-0.2, -0.15) is 0 Å². The summed E-state index contributed by atoms with van der Waals surface area (Å²) in [4.78, 5) is 26.5. The maximum Gasteiger partial charge on any atom is 0.270 e. The van der Waals surface area contributed by atoms with Crippen LogP contribution in [0.25, 0.3) is 11.3 Å². The molecule has 2 amide bonds. The number of benzene rings is 1. The molecule has 27 heavy (non-hydrogen) atoms. The molecule has 2 aromatic rings. The van der Waals surface area contributed by atoms with Crippen molar-refractivity contribution in [1.29, 1.82) is 0 Å². The minimum atomic E-state index is -0.291. The van der Waals surface area contributed by atoms with E-state index < -0.39 is 0 Å². The molecule has 1 aromatic carbocycles. The van der Waals surface area contributed by atoms with E-state index in [0.717, 1.165) is 17.7 Å². The van der Waals surface area contributed by atoms with Crippen LogP contribution in [0.4, 0.5) is 4.39 Å². The summed E-state index contributed by atoms with van der Waals surface area (Å²) in [6, 6.07) is 9.70. The first-order valence-corrected chi connectivity index (χ1v) is 9.26. The monoisotopic (exact) mass is 371 g/mol. The normalized spacial score (nSPS) is 19.4. The molecule has 1 heterocycles. The molecule has 6 heteroatoms. The molecule has 3 atom stereocenters. The Morgan fingerprint density at radius 3 is 2.48 bits per heavy atom. The lowest BCUT2D eigenvalue weighted by Gasteiger charge is -2.25. The molecule has 1 fully saturated rings. The van der Waals surface area contributed by atoms with Crippen LogP contribution in [-0.2, 0) is 11.8 Å². The van der Waals surface area contributed by atoms with Crippen molar-refractivity contribution >= 4 is 11.8 Å². The maximum atomic E-state index is 13.1. The average Bonchev–Trinajstić information content (AvgIpc) is 3.27. The standard InChI is InChI=1S/C21H26FN3O2/c1-13-11-17(13)20(26)23-12-14(2)24(3)21(27)19-10-9-18(25(19)4)15-5-7-16(22)8-6-15/h5-10,13-14,17H,11-12H2,1-4H3,(H,23,26)/t13-,14-,17-/m1/s1. The van der Waals surface area contributed by atoms with Crippen LogP contribution in [0.1, 0.15) is 30.8 Å². The van der Waals surface area contributed by atoms with E-state index in [1.165, 1.54) is 12.1 Å². The van der Waals surface area contributed by atoms with Gasteiger partial charge < -0.3 is 14.8 Å². The Morgan fingerprint density at radius 2 is 1.89 bits per heavy atom. The molecule has 0 unspecified atom stereocenters. The van der Waals surface area contributed by atoms with Crippen molar-refractivity contribution in [3.05, 3.63) is 47.9 Å². The number of rotatable bonds is 6. The lowest BCUT2D eigenvalue weighted by Crippen LogP contribution is -2.44. The van der Waals surface area contributed by atoms with E-state index in [0.29, 0.717) is 18.2 Å². The van der Waals surface area contributed by atoms with Crippen molar-refractivity contribution in [1.82, 2.24) is 14.8 Å². The van der Waals surface area contributed by atoms with Gasteiger partial charge in [-0.25, -0.2) is 4.39 Å². The maximum absolute atomic E-state index is 13.1. The summed E-state index contributed by atoms with van der Waals surface area (Å²) in [5, 5.41) is 2.94. The van der Waals surface area contributed by atoms with Gasteiger partial charge in [-0.05, 0) is 61.2 Å². The fourth-order valence-corrected chi connectivity index (χ4v) is 3.22. The molecular weight excluding hydrogens is 345 g/mol. The molecule has 5 nitrogen and oxygen atoms in total. The molecule has 1 N–H and O–H groups in total. The van der Waals surface area contributed by atoms with Crippen molar-refractivity contribution in [2.75, 3.05) is 13.6 Å². The second-order valence-corrected chi connectivity index (χ2v) is 7.50. The Labute approximate surface area is 159 Å². The molecule has 144 valence electrons. The molecule has 3 rings (SSSR count). The second kappa shape index (κ2) is 7.55. The molecule has 0 spiro atoms. The molecule has 1 saturated carbocycles. The first-order valence-electron chi connectivity index (χ1n) is 9.26. The Bertz CT molecular complexity index is 844. The molecule has 0 saturated heterocycles. The molecule has 1 aliphatic rings. The Balaban J connectivity index is 1.66. The van der Waals surface area contributed by atoms with Gasteiger partial charge in [-0.15, -0.1) is 0 Å². The second-order valence-electron chi connectivity index (χ2n) is 7.50. The van der Waals surface area contributed by atoms with Gasteiger partial charge in [0.15, 0.2) is 0 Å². The van der Waals surface area contributed by atoms with Crippen molar-refractivity contribution in [3.63, 3.8) is 0 Å². The highest BCUT2D eigenvalue weighted by molar-refractivity contribution is 5.94. The number of carbonyl (C=O) groups is 2. The number of carbonyl (C=O) groups excluding carboxylic acids is 2. The smallest absolute Gasteiger partial charge is 0.270 e. The predicted molar refractivity (Wildman–Crippen MR) is 103 cm³/mol. The highest BCUT2D eigenvalue weighted by Gasteiger charge is 2.39. The fraction of sp³-hybridized carbons (Fsp3) is 0.429. The number of halogens is 1. The van der Waals surface area contributed by atoms with E-state index in [1.54, 1.807) is 30.1 Å². The first-order chi connectivity index (χ1) is 12.8. The summed E-state index contributed by atoms with van der Waals surface area (Å²) in [6.07, 6.45) is 0.949. The quantitative estimate of drug-likeness (QED) is 0.848. The summed E-state index contributed by atoms with van der Waals surface area (Å²) in [7, 11) is 3.56. The van der Waals surface area contributed by atoms with E-state index in [-0.39, 0.29) is 29.6 Å². The topological polar surface area (TPSA) is 54.3 Å². The minimum absolute atomic E-state index is 0.0765. The van der Waals surface area contributed by atoms with Gasteiger partial charge in [-0.3, -0.25) is 9.59 Å². The summed E-state index contributed by atoms with van der Waals surface area (Å²) >= 11 is 0. The molecule has 1 aromatic heterocycles. The summed E-state index contributed by atoms with van der Waals surface area (Å²) in [5.74, 6) is 0.262. The van der Waals surface area contributed by atoms with Gasteiger partial charge in [0.2, 0.25) is 5.91 Å². The van der Waals surface area contributed by atoms with Crippen LogP contribution in [0.2, 0.25) is 0 Å². The van der Waals surface area contributed by atoms with E-state index in [1.807, 2.05) is 24.6 Å². The third-order valence-electron chi connectivity index (χ3n) is 5.48. The third-order valence-corrected chi connectivity index (χ3v) is 5.48. The van der Waals surface area contributed by atoms with Gasteiger partial charge in [0.1, 0.15) is 11.5 Å². The van der Waals surface area contributed by atoms with E-state index in [9.17, 15) is 14.0 Å². The van der Waals surface area contributed by atoms with Gasteiger partial charge in [0.25, 0.3) is 5.91 Å². The van der Waals surface area contributed by atoms with E-state index >= 15 is 0 Å². The first kappa shape index (κ1) is 19.1. The van der Waals surface area contributed by atoms with Crippen LogP contribution in [0.3, 0.4) is 0 Å². The Hall–Kier alpha value is -2.63. The zero-order chi connectivity index (χ0) is 19.7. The predicted octanol–water partition coefficient (Wildman–Crippen LogP) is 3.06. The van der Waals surface area contributed by atoms with Crippen molar-refractivity contribution in [2.24, 2.45) is 18.9 Å². The van der Waals surface area contributed by atoms with Crippen LogP contribution >= 0.6 is 0 Å². The molecule has 0 radical (unpaired) electrons. The average molecular weight is 371 g/mol. The highest BCUT2D eigenvalue weighted by atomic mass is 19.1. The largest absolute Gasteiger partial charge is 0.354 e. The summed E-state index contributed by atoms with van der Waals surface area (Å²) in [5.41, 5.74) is 2.24. The highest BCUT2D eigenvalue weighted by Crippen LogP contribution is 2.37. The molecule has 0 bridgehead atoms. The number of aromatic nitrogens is 1. The number of amides is 2. The zero-order valence-corrected chi connectivity index (χ0v) is 16.2. The summed E-state index contributed by atoms with van der Waals surface area (Å²) < 4.78 is 14.9. The zero-order valence-electron chi connectivity index (χ0n) is 16.2. The van der Waals surface area contributed by atoms with E-state index in [2.05, 4.69) is 12.2 Å². The van der Waals surface area contributed by atoms with E-state index in [4.69, 9.17) is 0 Å². The number of hydrogen-bond acceptors (Lipinski definition) is 2. The van der Waals surface area contributed by atoms with Gasteiger partial charge in [0.05, 0.1) is 0 Å². The van der Waals surface area contributed by atoms with Gasteiger partial charge >= 0.3 is 0 Å². The lowest BCUT2D eigenvalue weighted by molar-refractivity contribution is -0.122. The lowest BCUT2D eigenvalue weighted by atomic mass is 10.1. The van der Waals surface area contributed by atoms with Gasteiger partial charge in [-0.1, -0.05) is 6.92 Å². The van der Waals surface area contributed by atoms with Crippen LogP contribution in [0.5, 0.6) is 0 Å². The van der Waals surface area contributed by atoms with Crippen molar-refractivity contribution in [2.45, 2.75) is 26.3 Å². The van der Waals surface area contributed by atoms with Crippen LogP contribution in [-0.4, -0.2) is 40.9 Å². The molecule has 0 aliphatic heterocycles. The van der Waals surface area contributed by atoms with Crippen molar-refractivity contribution < 1.29 is 14.0 Å². The van der Waals surface area contributed by atoms with Crippen LogP contribution in [0.15, 0.2) is 36.4 Å². The molecular formula is C21H26FN3O2. The SMILES string of the molecule is C[C@@H]1C[C@H]1C(=O)NC[C@@H](C)N(C)C(=O)c1ccc(-c2ccc(F)cc2)n1C. The fourth-order valence-electron chi connectivity index (χ4n) is 3.22. The van der Waals surface area contributed by atoms with Gasteiger partial charge in [0, 0.05) is 38.3 Å². The number of hydrogen-bond donors (Lipinski definition) is 1. The third kappa shape index (κ3) is 4.04. The van der Waals surface area contributed by atoms with Crippen molar-refractivity contribution in [3.8, 4) is 11.3 Å². The Kier molecular flexibility index (Phi) is 5.35. The molecule has 1 aliphatic carbocycles. The number of likely N-dealkylation sites (N-methyl/N-ethyl adjacent to an activating group) is 1. The van der Waals surface area contributed by atoms with Crippen LogP contribution < -0.4 is 5.32 Å². The summed E-state index contributed by atoms with van der Waals surface area (Å²) in [6.45, 7) is 4.41. The number of nitrogens with one attached hydrogen (secondary N) is 1. The van der Waals surface area contributed by atoms with Crippen LogP contribution in [0, 0.1) is 17.7 Å². The minimum Gasteiger partial charge on any atom is -0.354 e. The number of nitrogens with zero attached hydrogens (tertiary/aromatic N) is 2.